The number of benzene rings is 1. The third kappa shape index (κ3) is 4.05. The van der Waals surface area contributed by atoms with Crippen LogP contribution in [0.3, 0.4) is 0 Å². The van der Waals surface area contributed by atoms with Gasteiger partial charge in [0.25, 0.3) is 0 Å². The Kier molecular flexibility index (Phi) is 5.90. The van der Waals surface area contributed by atoms with Crippen LogP contribution in [0.15, 0.2) is 30.6 Å². The zero-order valence-corrected chi connectivity index (χ0v) is 19.7. The number of pyridine rings is 1. The lowest BCUT2D eigenvalue weighted by atomic mass is 9.87. The molecule has 3 aliphatic heterocycles. The molecule has 1 aromatic carbocycles. The third-order valence-corrected chi connectivity index (χ3v) is 7.35. The highest BCUT2D eigenvalue weighted by Crippen LogP contribution is 2.35. The van der Waals surface area contributed by atoms with Crippen LogP contribution in [0.4, 0.5) is 4.79 Å². The van der Waals surface area contributed by atoms with Gasteiger partial charge in [-0.05, 0) is 40.8 Å². The molecule has 0 saturated carbocycles. The van der Waals surface area contributed by atoms with Crippen molar-refractivity contribution in [2.45, 2.75) is 19.0 Å². The molecule has 0 radical (unpaired) electrons. The van der Waals surface area contributed by atoms with E-state index in [1.165, 1.54) is 16.7 Å². The van der Waals surface area contributed by atoms with Crippen molar-refractivity contribution >= 4 is 28.7 Å². The molecule has 0 spiro atoms. The minimum atomic E-state index is 0.0911. The van der Waals surface area contributed by atoms with E-state index in [9.17, 15) is 4.79 Å². The number of amides is 2. The molecule has 0 bridgehead atoms. The van der Waals surface area contributed by atoms with Crippen LogP contribution in [0.25, 0.3) is 22.2 Å². The van der Waals surface area contributed by atoms with Gasteiger partial charge in [-0.15, -0.1) is 0 Å². The zero-order chi connectivity index (χ0) is 23.1. The number of hydrogen-bond acceptors (Lipinski definition) is 5. The second kappa shape index (κ2) is 9.19. The minimum Gasteiger partial charge on any atom is -0.378 e. The number of hydrogen-bond donors (Lipinski definition) is 2. The molecular formula is C25H28ClN5O3. The molecule has 1 atom stereocenters. The maximum atomic E-state index is 13.2. The van der Waals surface area contributed by atoms with E-state index in [4.69, 9.17) is 21.1 Å². The van der Waals surface area contributed by atoms with Gasteiger partial charge in [0.2, 0.25) is 0 Å². The number of nitrogens with one attached hydrogen (secondary N) is 2. The topological polar surface area (TPSA) is 82.7 Å². The Morgan fingerprint density at radius 2 is 1.94 bits per heavy atom. The number of H-pyrrole nitrogens is 1. The number of ether oxygens (including phenoxy) is 2. The highest BCUT2D eigenvalue weighted by atomic mass is 35.5. The molecule has 3 aromatic rings. The molecule has 2 amide bonds. The van der Waals surface area contributed by atoms with E-state index in [2.05, 4.69) is 33.5 Å². The number of rotatable bonds is 2. The maximum absolute atomic E-state index is 13.2. The smallest absolute Gasteiger partial charge is 0.320 e. The van der Waals surface area contributed by atoms with Gasteiger partial charge in [-0.3, -0.25) is 0 Å². The molecule has 2 N–H and O–H groups in total. The molecule has 2 fully saturated rings. The molecule has 3 aliphatic rings. The van der Waals surface area contributed by atoms with E-state index in [0.717, 1.165) is 35.1 Å². The Hall–Kier alpha value is -2.65. The number of carbonyl (C=O) groups is 1. The summed E-state index contributed by atoms with van der Waals surface area (Å²) in [5, 5.41) is 5.19. The molecule has 1 unspecified atom stereocenters. The first-order valence-corrected chi connectivity index (χ1v) is 12.3. The summed E-state index contributed by atoms with van der Waals surface area (Å²) in [5.41, 5.74) is 6.64. The van der Waals surface area contributed by atoms with Crippen LogP contribution in [0.2, 0.25) is 5.02 Å². The standard InChI is InChI=1S/C25H28ClN5O3/c26-22-13-29-24-20(22)11-18(12-28-24)17-9-16-1-3-31(25(32)30-4-7-33-8-5-30)14-21(16)19(10-17)23-15-34-6-2-27-23/h9-13,23,27H,1-8,14-15H2,(H,28,29). The van der Waals surface area contributed by atoms with Crippen LogP contribution in [0, 0.1) is 0 Å². The highest BCUT2D eigenvalue weighted by Gasteiger charge is 2.30. The first-order chi connectivity index (χ1) is 16.7. The molecule has 2 saturated heterocycles. The van der Waals surface area contributed by atoms with Gasteiger partial charge >= 0.3 is 6.03 Å². The number of nitrogens with zero attached hydrogens (tertiary/aromatic N) is 3. The van der Waals surface area contributed by atoms with Crippen LogP contribution in [-0.2, 0) is 22.4 Å². The van der Waals surface area contributed by atoms with Gasteiger partial charge in [0.1, 0.15) is 5.65 Å². The van der Waals surface area contributed by atoms with E-state index in [1.54, 1.807) is 6.20 Å². The van der Waals surface area contributed by atoms with Gasteiger partial charge in [0.05, 0.1) is 37.5 Å². The first kappa shape index (κ1) is 21.9. The zero-order valence-electron chi connectivity index (χ0n) is 19.0. The summed E-state index contributed by atoms with van der Waals surface area (Å²) in [6.07, 6.45) is 4.48. The molecular weight excluding hydrogens is 454 g/mol. The lowest BCUT2D eigenvalue weighted by molar-refractivity contribution is 0.0420. The van der Waals surface area contributed by atoms with Crippen molar-refractivity contribution in [3.63, 3.8) is 0 Å². The summed E-state index contributed by atoms with van der Waals surface area (Å²) >= 11 is 6.36. The van der Waals surface area contributed by atoms with Gasteiger partial charge in [-0.25, -0.2) is 9.78 Å². The van der Waals surface area contributed by atoms with Crippen molar-refractivity contribution in [1.29, 1.82) is 0 Å². The Balaban J connectivity index is 1.37. The largest absolute Gasteiger partial charge is 0.378 e. The van der Waals surface area contributed by atoms with Gasteiger partial charge in [0.15, 0.2) is 0 Å². The summed E-state index contributed by atoms with van der Waals surface area (Å²) in [7, 11) is 0. The normalized spacial score (nSPS) is 21.0. The van der Waals surface area contributed by atoms with Crippen molar-refractivity contribution in [2.75, 3.05) is 52.6 Å². The van der Waals surface area contributed by atoms with Crippen LogP contribution in [0.1, 0.15) is 22.7 Å². The first-order valence-electron chi connectivity index (χ1n) is 11.9. The number of aromatic amines is 1. The van der Waals surface area contributed by atoms with Crippen LogP contribution in [0.5, 0.6) is 0 Å². The van der Waals surface area contributed by atoms with Crippen molar-refractivity contribution < 1.29 is 14.3 Å². The van der Waals surface area contributed by atoms with E-state index in [0.29, 0.717) is 57.6 Å². The van der Waals surface area contributed by atoms with Gasteiger partial charge < -0.3 is 29.6 Å². The summed E-state index contributed by atoms with van der Waals surface area (Å²) < 4.78 is 11.2. The molecule has 2 aromatic heterocycles. The molecule has 34 heavy (non-hydrogen) atoms. The second-order valence-electron chi connectivity index (χ2n) is 9.10. The summed E-state index contributed by atoms with van der Waals surface area (Å²) in [4.78, 5) is 24.8. The molecule has 5 heterocycles. The number of carbonyl (C=O) groups excluding carboxylic acids is 1. The predicted octanol–water partition coefficient (Wildman–Crippen LogP) is 3.35. The molecule has 0 aliphatic carbocycles. The fourth-order valence-corrected chi connectivity index (χ4v) is 5.39. The molecule has 6 rings (SSSR count). The van der Waals surface area contributed by atoms with Crippen molar-refractivity contribution in [3.8, 4) is 11.1 Å². The van der Waals surface area contributed by atoms with E-state index >= 15 is 0 Å². The molecule has 9 heteroatoms. The van der Waals surface area contributed by atoms with E-state index in [1.807, 2.05) is 16.0 Å². The predicted molar refractivity (Wildman–Crippen MR) is 130 cm³/mol. The quantitative estimate of drug-likeness (QED) is 0.586. The summed E-state index contributed by atoms with van der Waals surface area (Å²) in [6, 6.07) is 6.77. The average molecular weight is 482 g/mol. The number of urea groups is 1. The van der Waals surface area contributed by atoms with E-state index in [-0.39, 0.29) is 12.1 Å². The third-order valence-electron chi connectivity index (χ3n) is 7.04. The average Bonchev–Trinajstić information content (AvgIpc) is 3.28. The summed E-state index contributed by atoms with van der Waals surface area (Å²) in [6.45, 7) is 6.00. The number of fused-ring (bicyclic) bond motifs is 2. The SMILES string of the molecule is O=C(N1CCOCC1)N1CCc2cc(-c3cnc4[nH]cc(Cl)c4c3)cc(C3COCCN3)c2C1. The van der Waals surface area contributed by atoms with Crippen molar-refractivity contribution in [2.24, 2.45) is 0 Å². The van der Waals surface area contributed by atoms with E-state index < -0.39 is 0 Å². The van der Waals surface area contributed by atoms with Crippen LogP contribution >= 0.6 is 11.6 Å². The van der Waals surface area contributed by atoms with Crippen LogP contribution < -0.4 is 5.32 Å². The monoisotopic (exact) mass is 481 g/mol. The minimum absolute atomic E-state index is 0.0911. The fourth-order valence-electron chi connectivity index (χ4n) is 5.19. The number of morpholine rings is 2. The Labute approximate surface area is 203 Å². The Bertz CT molecular complexity index is 1220. The van der Waals surface area contributed by atoms with Gasteiger partial charge in [-0.1, -0.05) is 17.7 Å². The van der Waals surface area contributed by atoms with Gasteiger partial charge in [0, 0.05) is 56.1 Å². The molecule has 178 valence electrons. The van der Waals surface area contributed by atoms with Gasteiger partial charge in [-0.2, -0.15) is 0 Å². The number of halogens is 1. The van der Waals surface area contributed by atoms with Crippen molar-refractivity contribution in [3.05, 3.63) is 52.3 Å². The van der Waals surface area contributed by atoms with Crippen molar-refractivity contribution in [1.82, 2.24) is 25.1 Å². The molecule has 8 nitrogen and oxygen atoms in total. The lowest BCUT2D eigenvalue weighted by Gasteiger charge is -2.37. The maximum Gasteiger partial charge on any atom is 0.320 e. The second-order valence-corrected chi connectivity index (χ2v) is 9.50. The number of aromatic nitrogens is 2. The summed E-state index contributed by atoms with van der Waals surface area (Å²) in [5.74, 6) is 0. The Morgan fingerprint density at radius 3 is 2.76 bits per heavy atom. The lowest BCUT2D eigenvalue weighted by Crippen LogP contribution is -2.49. The highest BCUT2D eigenvalue weighted by molar-refractivity contribution is 6.35. The van der Waals surface area contributed by atoms with Crippen LogP contribution in [-0.4, -0.2) is 78.4 Å². The Morgan fingerprint density at radius 1 is 1.06 bits per heavy atom. The fraction of sp³-hybridized carbons (Fsp3) is 0.440.